The molecule has 33 heavy (non-hydrogen) atoms. The second-order valence-corrected chi connectivity index (χ2v) is 11.1. The van der Waals surface area contributed by atoms with Gasteiger partial charge in [0, 0.05) is 18.0 Å². The summed E-state index contributed by atoms with van der Waals surface area (Å²) in [7, 11) is 0. The Kier molecular flexibility index (Phi) is 6.65. The Balaban J connectivity index is 1.32. The molecule has 2 aromatic rings. The topological polar surface area (TPSA) is 55.4 Å². The minimum Gasteiger partial charge on any atom is -0.462 e. The van der Waals surface area contributed by atoms with Crippen LogP contribution in [-0.2, 0) is 26.8 Å². The summed E-state index contributed by atoms with van der Waals surface area (Å²) in [6.07, 6.45) is 7.20. The Labute approximate surface area is 198 Å². The second kappa shape index (κ2) is 9.32. The van der Waals surface area contributed by atoms with Crippen molar-refractivity contribution in [2.24, 2.45) is 5.92 Å². The molecule has 2 aliphatic carbocycles. The number of nitrogens with one attached hydrogen (secondary N) is 1. The molecule has 2 aromatic carbocycles. The largest absolute Gasteiger partial charge is 0.462 e. The van der Waals surface area contributed by atoms with Crippen LogP contribution < -0.4 is 5.32 Å². The van der Waals surface area contributed by atoms with Gasteiger partial charge < -0.3 is 10.1 Å². The van der Waals surface area contributed by atoms with E-state index in [2.05, 4.69) is 39.1 Å². The summed E-state index contributed by atoms with van der Waals surface area (Å²) in [4.78, 5) is 25.0. The maximum Gasteiger partial charge on any atom is 0.338 e. The van der Waals surface area contributed by atoms with Crippen LogP contribution in [0.25, 0.3) is 0 Å². The quantitative estimate of drug-likeness (QED) is 0.510. The number of carbonyl (C=O) groups excluding carboxylic acids is 2. The predicted octanol–water partition coefficient (Wildman–Crippen LogP) is 6.56. The molecule has 0 heterocycles. The number of ether oxygens (including phenoxy) is 1. The first-order valence-corrected chi connectivity index (χ1v) is 12.4. The average Bonchev–Trinajstić information content (AvgIpc) is 3.33. The van der Waals surface area contributed by atoms with E-state index in [1.54, 1.807) is 0 Å². The number of hydrogen-bond donors (Lipinski definition) is 1. The van der Waals surface area contributed by atoms with Crippen LogP contribution >= 0.6 is 0 Å². The summed E-state index contributed by atoms with van der Waals surface area (Å²) >= 11 is 0. The van der Waals surface area contributed by atoms with Gasteiger partial charge in [-0.1, -0.05) is 58.7 Å². The lowest BCUT2D eigenvalue weighted by molar-refractivity contribution is -0.119. The van der Waals surface area contributed by atoms with E-state index in [-0.39, 0.29) is 28.6 Å². The van der Waals surface area contributed by atoms with Crippen LogP contribution in [0.2, 0.25) is 0 Å². The lowest BCUT2D eigenvalue weighted by atomic mass is 9.63. The van der Waals surface area contributed by atoms with Crippen molar-refractivity contribution in [2.45, 2.75) is 83.5 Å². The molecule has 176 valence electrons. The maximum atomic E-state index is 12.7. The fraction of sp³-hybridized carbons (Fsp3) is 0.517. The van der Waals surface area contributed by atoms with Crippen LogP contribution in [0.3, 0.4) is 0 Å². The van der Waals surface area contributed by atoms with Crippen molar-refractivity contribution in [3.8, 4) is 0 Å². The summed E-state index contributed by atoms with van der Waals surface area (Å²) in [6.45, 7) is 9.42. The van der Waals surface area contributed by atoms with Gasteiger partial charge in [0.2, 0.25) is 5.91 Å². The van der Waals surface area contributed by atoms with Gasteiger partial charge in [-0.15, -0.1) is 0 Å². The molecule has 1 amide bonds. The molecule has 4 nitrogen and oxygen atoms in total. The number of fused-ring (bicyclic) bond motifs is 1. The molecule has 2 aliphatic rings. The van der Waals surface area contributed by atoms with Crippen molar-refractivity contribution in [1.29, 1.82) is 0 Å². The molecule has 4 heteroatoms. The molecule has 0 radical (unpaired) electrons. The van der Waals surface area contributed by atoms with Gasteiger partial charge in [0.05, 0.1) is 12.2 Å². The van der Waals surface area contributed by atoms with Crippen LogP contribution in [0.5, 0.6) is 0 Å². The van der Waals surface area contributed by atoms with Crippen LogP contribution in [0, 0.1) is 5.92 Å². The van der Waals surface area contributed by atoms with Crippen molar-refractivity contribution in [3.63, 3.8) is 0 Å². The van der Waals surface area contributed by atoms with Gasteiger partial charge in [0.25, 0.3) is 0 Å². The molecule has 0 atom stereocenters. The van der Waals surface area contributed by atoms with Crippen molar-refractivity contribution < 1.29 is 14.3 Å². The first-order valence-electron chi connectivity index (χ1n) is 12.4. The standard InChI is InChI=1S/C29H37NO3/c1-28(2)16-17-29(3,4)25-19-22(11-14-24(25)28)27(32)33-18-15-20-9-12-23(13-10-20)30-26(31)21-7-5-6-8-21/h9-14,19,21H,5-8,15-18H2,1-4H3,(H,30,31). The van der Waals surface area contributed by atoms with E-state index in [1.807, 2.05) is 36.4 Å². The zero-order valence-electron chi connectivity index (χ0n) is 20.5. The van der Waals surface area contributed by atoms with E-state index < -0.39 is 0 Å². The number of amides is 1. The van der Waals surface area contributed by atoms with Crippen LogP contribution in [0.1, 0.15) is 93.3 Å². The highest BCUT2D eigenvalue weighted by molar-refractivity contribution is 5.92. The first-order chi connectivity index (χ1) is 15.7. The van der Waals surface area contributed by atoms with Gasteiger partial charge in [-0.25, -0.2) is 4.79 Å². The minimum atomic E-state index is -0.266. The highest BCUT2D eigenvalue weighted by atomic mass is 16.5. The zero-order valence-corrected chi connectivity index (χ0v) is 20.5. The second-order valence-electron chi connectivity index (χ2n) is 11.1. The third kappa shape index (κ3) is 5.31. The van der Waals surface area contributed by atoms with E-state index in [4.69, 9.17) is 4.74 Å². The number of carbonyl (C=O) groups is 2. The Hall–Kier alpha value is -2.62. The van der Waals surface area contributed by atoms with Gasteiger partial charge in [-0.3, -0.25) is 4.79 Å². The average molecular weight is 448 g/mol. The van der Waals surface area contributed by atoms with E-state index in [9.17, 15) is 9.59 Å². The van der Waals surface area contributed by atoms with Gasteiger partial charge >= 0.3 is 5.97 Å². The van der Waals surface area contributed by atoms with Crippen LogP contribution in [0.4, 0.5) is 5.69 Å². The van der Waals surface area contributed by atoms with E-state index in [0.29, 0.717) is 18.6 Å². The summed E-state index contributed by atoms with van der Waals surface area (Å²) in [5.41, 5.74) is 5.34. The summed E-state index contributed by atoms with van der Waals surface area (Å²) < 4.78 is 5.60. The molecule has 1 saturated carbocycles. The first kappa shape index (κ1) is 23.5. The van der Waals surface area contributed by atoms with Crippen molar-refractivity contribution >= 4 is 17.6 Å². The molecule has 1 N–H and O–H groups in total. The van der Waals surface area contributed by atoms with Crippen LogP contribution in [-0.4, -0.2) is 18.5 Å². The molecule has 0 bridgehead atoms. The minimum absolute atomic E-state index is 0.0655. The molecule has 4 rings (SSSR count). The number of esters is 1. The van der Waals surface area contributed by atoms with Crippen LogP contribution in [0.15, 0.2) is 42.5 Å². The van der Waals surface area contributed by atoms with E-state index >= 15 is 0 Å². The van der Waals surface area contributed by atoms with E-state index in [0.717, 1.165) is 49.8 Å². The number of benzene rings is 2. The molecular formula is C29H37NO3. The third-order valence-electron chi connectivity index (χ3n) is 7.66. The van der Waals surface area contributed by atoms with Crippen molar-refractivity contribution in [1.82, 2.24) is 0 Å². The number of anilines is 1. The van der Waals surface area contributed by atoms with Crippen molar-refractivity contribution in [2.75, 3.05) is 11.9 Å². The van der Waals surface area contributed by atoms with E-state index in [1.165, 1.54) is 11.1 Å². The highest BCUT2D eigenvalue weighted by Crippen LogP contribution is 2.45. The number of rotatable bonds is 6. The molecule has 0 aliphatic heterocycles. The Morgan fingerprint density at radius 3 is 2.21 bits per heavy atom. The number of hydrogen-bond acceptors (Lipinski definition) is 3. The SMILES string of the molecule is CC1(C)CCC(C)(C)c2cc(C(=O)OCCc3ccc(NC(=O)C4CCCC4)cc3)ccc21. The monoisotopic (exact) mass is 447 g/mol. The molecule has 1 fully saturated rings. The van der Waals surface area contributed by atoms with Gasteiger partial charge in [0.1, 0.15) is 0 Å². The predicted molar refractivity (Wildman–Crippen MR) is 133 cm³/mol. The molecule has 0 aromatic heterocycles. The summed E-state index contributed by atoms with van der Waals surface area (Å²) in [5.74, 6) is 0.0209. The molecule has 0 spiro atoms. The Bertz CT molecular complexity index is 1010. The lowest BCUT2D eigenvalue weighted by Gasteiger charge is -2.41. The Morgan fingerprint density at radius 2 is 1.55 bits per heavy atom. The molecule has 0 unspecified atom stereocenters. The zero-order chi connectivity index (χ0) is 23.6. The normalized spacial score (nSPS) is 19.0. The smallest absolute Gasteiger partial charge is 0.338 e. The fourth-order valence-corrected chi connectivity index (χ4v) is 5.25. The van der Waals surface area contributed by atoms with Crippen molar-refractivity contribution in [3.05, 3.63) is 64.7 Å². The highest BCUT2D eigenvalue weighted by Gasteiger charge is 2.37. The lowest BCUT2D eigenvalue weighted by Crippen LogP contribution is -2.34. The summed E-state index contributed by atoms with van der Waals surface area (Å²) in [6, 6.07) is 13.9. The van der Waals surface area contributed by atoms with Gasteiger partial charge in [-0.2, -0.15) is 0 Å². The third-order valence-corrected chi connectivity index (χ3v) is 7.66. The maximum absolute atomic E-state index is 12.7. The fourth-order valence-electron chi connectivity index (χ4n) is 5.25. The molecule has 0 saturated heterocycles. The Morgan fingerprint density at radius 1 is 0.909 bits per heavy atom. The van der Waals surface area contributed by atoms with Gasteiger partial charge in [0.15, 0.2) is 0 Å². The molecular weight excluding hydrogens is 410 g/mol. The van der Waals surface area contributed by atoms with Gasteiger partial charge in [-0.05, 0) is 77.5 Å². The summed E-state index contributed by atoms with van der Waals surface area (Å²) in [5, 5.41) is 3.02.